The van der Waals surface area contributed by atoms with E-state index in [-0.39, 0.29) is 10.8 Å². The Bertz CT molecular complexity index is 642. The van der Waals surface area contributed by atoms with Crippen LogP contribution in [-0.4, -0.2) is 27.1 Å². The maximum absolute atomic E-state index is 12.1. The molecule has 8 heteroatoms. The Hall–Kier alpha value is -2.22. The maximum Gasteiger partial charge on any atom is 0.347 e. The van der Waals surface area contributed by atoms with Crippen LogP contribution in [0.15, 0.2) is 10.7 Å². The number of hydrogen-bond donors (Lipinski definition) is 2. The van der Waals surface area contributed by atoms with Crippen LogP contribution in [0.2, 0.25) is 0 Å². The molecule has 1 amide bonds. The van der Waals surface area contributed by atoms with Gasteiger partial charge in [-0.05, 0) is 20.8 Å². The van der Waals surface area contributed by atoms with Gasteiger partial charge in [-0.3, -0.25) is 4.79 Å². The summed E-state index contributed by atoms with van der Waals surface area (Å²) in [6.45, 7) is 5.08. The summed E-state index contributed by atoms with van der Waals surface area (Å²) in [5.74, 6) is -0.906. The summed E-state index contributed by atoms with van der Waals surface area (Å²) in [6, 6.07) is -0.394. The Balaban J connectivity index is 2.13. The first-order valence-electron chi connectivity index (χ1n) is 5.83. The van der Waals surface area contributed by atoms with Crippen LogP contribution >= 0.6 is 11.3 Å². The lowest BCUT2D eigenvalue weighted by atomic mass is 10.2. The highest BCUT2D eigenvalue weighted by Crippen LogP contribution is 2.21. The Labute approximate surface area is 118 Å². The molecule has 2 N–H and O–H groups in total. The molecule has 0 spiro atoms. The highest BCUT2D eigenvalue weighted by Gasteiger charge is 2.21. The molecule has 1 atom stereocenters. The predicted molar refractivity (Wildman–Crippen MR) is 70.9 cm³/mol. The fraction of sp³-hybridized carbons (Fsp3) is 0.333. The van der Waals surface area contributed by atoms with Gasteiger partial charge in [0.25, 0.3) is 5.91 Å². The normalized spacial score (nSPS) is 12.2. The predicted octanol–water partition coefficient (Wildman–Crippen LogP) is 1.94. The molecular formula is C12H13N3O4S. The third kappa shape index (κ3) is 2.69. The van der Waals surface area contributed by atoms with Crippen LogP contribution in [0.25, 0.3) is 0 Å². The minimum Gasteiger partial charge on any atom is -0.477 e. The molecule has 7 nitrogen and oxygen atoms in total. The number of carbonyl (C=O) groups excluding carboxylic acids is 1. The van der Waals surface area contributed by atoms with E-state index in [0.29, 0.717) is 22.0 Å². The number of rotatable bonds is 4. The molecule has 0 fully saturated rings. The Morgan fingerprint density at radius 1 is 1.45 bits per heavy atom. The number of carboxylic acids is 1. The highest BCUT2D eigenvalue weighted by molar-refractivity contribution is 7.13. The van der Waals surface area contributed by atoms with Crippen molar-refractivity contribution in [1.29, 1.82) is 0 Å². The van der Waals surface area contributed by atoms with Crippen molar-refractivity contribution >= 4 is 23.2 Å². The van der Waals surface area contributed by atoms with Crippen molar-refractivity contribution in [1.82, 2.24) is 15.5 Å². The second-order valence-corrected chi connectivity index (χ2v) is 5.32. The SMILES string of the molecule is Cc1noc(C)c1C(=O)NC(C)c1ncc(C(=O)O)s1. The molecule has 2 heterocycles. The molecule has 0 bridgehead atoms. The molecule has 2 aromatic heterocycles. The van der Waals surface area contributed by atoms with Crippen LogP contribution in [0.1, 0.15) is 49.5 Å². The number of nitrogens with one attached hydrogen (secondary N) is 1. The summed E-state index contributed by atoms with van der Waals surface area (Å²) in [5, 5.41) is 15.8. The summed E-state index contributed by atoms with van der Waals surface area (Å²) in [5.41, 5.74) is 0.907. The molecule has 0 aromatic carbocycles. The van der Waals surface area contributed by atoms with Gasteiger partial charge in [-0.1, -0.05) is 5.16 Å². The molecule has 106 valence electrons. The van der Waals surface area contributed by atoms with E-state index in [1.807, 2.05) is 0 Å². The number of aromatic carboxylic acids is 1. The van der Waals surface area contributed by atoms with Gasteiger partial charge in [-0.2, -0.15) is 0 Å². The van der Waals surface area contributed by atoms with Crippen LogP contribution in [0.5, 0.6) is 0 Å². The van der Waals surface area contributed by atoms with Gasteiger partial charge in [0, 0.05) is 0 Å². The van der Waals surface area contributed by atoms with Crippen molar-refractivity contribution in [3.8, 4) is 0 Å². The number of carbonyl (C=O) groups is 2. The fourth-order valence-electron chi connectivity index (χ4n) is 1.72. The number of aryl methyl sites for hydroxylation is 2. The summed E-state index contributed by atoms with van der Waals surface area (Å²) in [7, 11) is 0. The summed E-state index contributed by atoms with van der Waals surface area (Å²) < 4.78 is 4.94. The Morgan fingerprint density at radius 3 is 2.65 bits per heavy atom. The molecule has 0 radical (unpaired) electrons. The lowest BCUT2D eigenvalue weighted by Crippen LogP contribution is -2.27. The van der Waals surface area contributed by atoms with E-state index in [1.54, 1.807) is 20.8 Å². The standard InChI is InChI=1S/C12H13N3O4S/c1-5-9(7(3)19-15-5)10(16)14-6(2)11-13-4-8(20-11)12(17)18/h4,6H,1-3H3,(H,14,16)(H,17,18). The molecule has 0 aliphatic carbocycles. The lowest BCUT2D eigenvalue weighted by Gasteiger charge is -2.10. The third-order valence-electron chi connectivity index (χ3n) is 2.71. The maximum atomic E-state index is 12.1. The summed E-state index contributed by atoms with van der Waals surface area (Å²) in [4.78, 5) is 27.1. The van der Waals surface area contributed by atoms with E-state index in [9.17, 15) is 9.59 Å². The van der Waals surface area contributed by atoms with Crippen LogP contribution in [-0.2, 0) is 0 Å². The van der Waals surface area contributed by atoms with Gasteiger partial charge < -0.3 is 14.9 Å². The van der Waals surface area contributed by atoms with Gasteiger partial charge in [0.2, 0.25) is 0 Å². The number of nitrogens with zero attached hydrogens (tertiary/aromatic N) is 2. The van der Waals surface area contributed by atoms with Gasteiger partial charge in [-0.15, -0.1) is 11.3 Å². The van der Waals surface area contributed by atoms with Crippen LogP contribution in [0, 0.1) is 13.8 Å². The van der Waals surface area contributed by atoms with Crippen LogP contribution in [0.4, 0.5) is 0 Å². The molecule has 2 aromatic rings. The number of carboxylic acid groups (broad SMARTS) is 1. The Morgan fingerprint density at radius 2 is 2.15 bits per heavy atom. The quantitative estimate of drug-likeness (QED) is 0.893. The van der Waals surface area contributed by atoms with E-state index in [1.165, 1.54) is 6.20 Å². The van der Waals surface area contributed by atoms with Crippen molar-refractivity contribution in [2.24, 2.45) is 0 Å². The zero-order valence-electron chi connectivity index (χ0n) is 11.1. The minimum absolute atomic E-state index is 0.137. The first-order valence-corrected chi connectivity index (χ1v) is 6.64. The van der Waals surface area contributed by atoms with E-state index >= 15 is 0 Å². The van der Waals surface area contributed by atoms with Gasteiger partial charge >= 0.3 is 5.97 Å². The first kappa shape index (κ1) is 14.2. The molecule has 2 rings (SSSR count). The molecule has 1 unspecified atom stereocenters. The summed E-state index contributed by atoms with van der Waals surface area (Å²) in [6.07, 6.45) is 1.28. The van der Waals surface area contributed by atoms with Crippen molar-refractivity contribution in [2.45, 2.75) is 26.8 Å². The third-order valence-corrected chi connectivity index (χ3v) is 3.88. The first-order chi connectivity index (χ1) is 9.40. The average molecular weight is 295 g/mol. The molecule has 20 heavy (non-hydrogen) atoms. The second-order valence-electron chi connectivity index (χ2n) is 4.26. The Kier molecular flexibility index (Phi) is 3.84. The van der Waals surface area contributed by atoms with Crippen molar-refractivity contribution in [2.75, 3.05) is 0 Å². The van der Waals surface area contributed by atoms with Crippen molar-refractivity contribution in [3.63, 3.8) is 0 Å². The number of amides is 1. The highest BCUT2D eigenvalue weighted by atomic mass is 32.1. The minimum atomic E-state index is -1.03. The fourth-order valence-corrected chi connectivity index (χ4v) is 2.48. The molecule has 0 aliphatic heterocycles. The zero-order chi connectivity index (χ0) is 14.9. The second kappa shape index (κ2) is 5.41. The number of hydrogen-bond acceptors (Lipinski definition) is 6. The van der Waals surface area contributed by atoms with Gasteiger partial charge in [0.1, 0.15) is 21.2 Å². The average Bonchev–Trinajstić information content (AvgIpc) is 2.96. The van der Waals surface area contributed by atoms with Gasteiger partial charge in [0.05, 0.1) is 17.9 Å². The largest absolute Gasteiger partial charge is 0.477 e. The van der Waals surface area contributed by atoms with E-state index in [0.717, 1.165) is 11.3 Å². The topological polar surface area (TPSA) is 105 Å². The molecule has 0 saturated carbocycles. The molecule has 0 aliphatic rings. The van der Waals surface area contributed by atoms with Crippen molar-refractivity contribution < 1.29 is 19.2 Å². The number of aromatic nitrogens is 2. The summed E-state index contributed by atoms with van der Waals surface area (Å²) >= 11 is 1.03. The van der Waals surface area contributed by atoms with E-state index in [2.05, 4.69) is 15.5 Å². The van der Waals surface area contributed by atoms with Crippen molar-refractivity contribution in [3.05, 3.63) is 33.1 Å². The molecule has 0 saturated heterocycles. The van der Waals surface area contributed by atoms with E-state index < -0.39 is 12.0 Å². The van der Waals surface area contributed by atoms with E-state index in [4.69, 9.17) is 9.63 Å². The number of thiazole rings is 1. The van der Waals surface area contributed by atoms with Crippen LogP contribution < -0.4 is 5.32 Å². The van der Waals surface area contributed by atoms with Gasteiger partial charge in [0.15, 0.2) is 0 Å². The monoisotopic (exact) mass is 295 g/mol. The lowest BCUT2D eigenvalue weighted by molar-refractivity contribution is 0.0701. The molecular weight excluding hydrogens is 282 g/mol. The zero-order valence-corrected chi connectivity index (χ0v) is 11.9. The van der Waals surface area contributed by atoms with Gasteiger partial charge in [-0.25, -0.2) is 9.78 Å². The van der Waals surface area contributed by atoms with Crippen LogP contribution in [0.3, 0.4) is 0 Å². The smallest absolute Gasteiger partial charge is 0.347 e.